The third-order valence-corrected chi connectivity index (χ3v) is 3.57. The number of hydrazine groups is 1. The predicted molar refractivity (Wildman–Crippen MR) is 91.4 cm³/mol. The van der Waals surface area contributed by atoms with Crippen LogP contribution in [0.25, 0.3) is 0 Å². The molecule has 0 spiro atoms. The molecule has 0 fully saturated rings. The quantitative estimate of drug-likeness (QED) is 0.757. The van der Waals surface area contributed by atoms with E-state index in [1.807, 2.05) is 17.1 Å². The molecule has 0 unspecified atom stereocenters. The minimum Gasteiger partial charge on any atom is -0.484 e. The summed E-state index contributed by atoms with van der Waals surface area (Å²) in [6.07, 6.45) is 5.23. The van der Waals surface area contributed by atoms with Gasteiger partial charge in [0.2, 0.25) is 0 Å². The fraction of sp³-hybridized carbons (Fsp3) is 0.471. The second kappa shape index (κ2) is 8.35. The molecular formula is C17H23ClFN3O2. The van der Waals surface area contributed by atoms with E-state index in [4.69, 9.17) is 21.1 Å². The van der Waals surface area contributed by atoms with Gasteiger partial charge in [-0.2, -0.15) is 0 Å². The summed E-state index contributed by atoms with van der Waals surface area (Å²) in [6, 6.07) is 3.74. The normalized spacial score (nSPS) is 14.8. The number of nitrogens with zero attached hydrogens (tertiary/aromatic N) is 2. The fourth-order valence-electron chi connectivity index (χ4n) is 1.93. The standard InChI is InChI=1S/C17H23ClFN3O2/c1-17(2,3)22-10-15(18)16(9-21-22)24-12-14-5-4-13(8-20-14)11-23-7-6-19/h4-5,8-10,21H,6-7,11-12H2,1-3H3. The van der Waals surface area contributed by atoms with Crippen molar-refractivity contribution in [2.75, 3.05) is 13.3 Å². The Morgan fingerprint density at radius 1 is 1.29 bits per heavy atom. The summed E-state index contributed by atoms with van der Waals surface area (Å²) in [5.41, 5.74) is 4.70. The van der Waals surface area contributed by atoms with E-state index in [9.17, 15) is 4.39 Å². The van der Waals surface area contributed by atoms with Crippen LogP contribution in [0, 0.1) is 0 Å². The van der Waals surface area contributed by atoms with E-state index >= 15 is 0 Å². The third kappa shape index (κ3) is 5.39. The lowest BCUT2D eigenvalue weighted by atomic mass is 10.1. The van der Waals surface area contributed by atoms with Gasteiger partial charge in [0.05, 0.1) is 30.6 Å². The molecule has 0 aliphatic carbocycles. The van der Waals surface area contributed by atoms with Gasteiger partial charge in [-0.15, -0.1) is 0 Å². The van der Waals surface area contributed by atoms with E-state index in [1.54, 1.807) is 18.6 Å². The summed E-state index contributed by atoms with van der Waals surface area (Å²) < 4.78 is 22.8. The van der Waals surface area contributed by atoms with Crippen molar-refractivity contribution in [3.8, 4) is 0 Å². The van der Waals surface area contributed by atoms with Gasteiger partial charge in [0.25, 0.3) is 0 Å². The first kappa shape index (κ1) is 18.5. The van der Waals surface area contributed by atoms with Crippen LogP contribution in [0.1, 0.15) is 32.0 Å². The van der Waals surface area contributed by atoms with Crippen molar-refractivity contribution in [1.82, 2.24) is 15.4 Å². The van der Waals surface area contributed by atoms with Crippen LogP contribution in [-0.2, 0) is 22.7 Å². The van der Waals surface area contributed by atoms with Crippen LogP contribution >= 0.6 is 11.6 Å². The Morgan fingerprint density at radius 2 is 2.08 bits per heavy atom. The molecule has 0 radical (unpaired) electrons. The number of hydrogen-bond acceptors (Lipinski definition) is 5. The molecule has 0 aromatic carbocycles. The van der Waals surface area contributed by atoms with Gasteiger partial charge in [-0.1, -0.05) is 17.7 Å². The molecule has 2 rings (SSSR count). The van der Waals surface area contributed by atoms with Crippen molar-refractivity contribution in [1.29, 1.82) is 0 Å². The molecule has 1 aliphatic rings. The van der Waals surface area contributed by atoms with Gasteiger partial charge in [0, 0.05) is 12.4 Å². The molecule has 7 heteroatoms. The number of hydrogen-bond donors (Lipinski definition) is 1. The van der Waals surface area contributed by atoms with Gasteiger partial charge >= 0.3 is 0 Å². The van der Waals surface area contributed by atoms with E-state index < -0.39 is 6.67 Å². The van der Waals surface area contributed by atoms with Crippen LogP contribution in [0.15, 0.2) is 41.5 Å². The van der Waals surface area contributed by atoms with E-state index in [0.717, 1.165) is 11.3 Å². The van der Waals surface area contributed by atoms with E-state index in [2.05, 4.69) is 31.2 Å². The zero-order chi connectivity index (χ0) is 17.6. The van der Waals surface area contributed by atoms with Crippen molar-refractivity contribution >= 4 is 11.6 Å². The maximum absolute atomic E-state index is 12.0. The summed E-state index contributed by atoms with van der Waals surface area (Å²) in [7, 11) is 0. The zero-order valence-electron chi connectivity index (χ0n) is 14.2. The first-order chi connectivity index (χ1) is 11.4. The molecule has 1 aliphatic heterocycles. The molecule has 1 aromatic rings. The number of allylic oxidation sites excluding steroid dienone is 1. The summed E-state index contributed by atoms with van der Waals surface area (Å²) in [5.74, 6) is 0.564. The lowest BCUT2D eigenvalue weighted by Gasteiger charge is -2.36. The minimum atomic E-state index is -0.483. The molecule has 1 N–H and O–H groups in total. The molecule has 0 saturated heterocycles. The summed E-state index contributed by atoms with van der Waals surface area (Å²) in [6.45, 7) is 6.49. The fourth-order valence-corrected chi connectivity index (χ4v) is 2.14. The number of aromatic nitrogens is 1. The highest BCUT2D eigenvalue weighted by Crippen LogP contribution is 2.24. The number of ether oxygens (including phenoxy) is 2. The number of nitrogens with one attached hydrogen (secondary N) is 1. The Morgan fingerprint density at radius 3 is 2.67 bits per heavy atom. The molecule has 0 bridgehead atoms. The molecule has 24 heavy (non-hydrogen) atoms. The first-order valence-electron chi connectivity index (χ1n) is 7.74. The van der Waals surface area contributed by atoms with Crippen LogP contribution in [0.3, 0.4) is 0 Å². The second-order valence-electron chi connectivity index (χ2n) is 6.34. The Bertz CT molecular complexity index is 597. The second-order valence-corrected chi connectivity index (χ2v) is 6.75. The van der Waals surface area contributed by atoms with Crippen molar-refractivity contribution < 1.29 is 13.9 Å². The summed E-state index contributed by atoms with van der Waals surface area (Å²) >= 11 is 6.26. The average Bonchev–Trinajstić information content (AvgIpc) is 2.54. The van der Waals surface area contributed by atoms with E-state index in [1.165, 1.54) is 0 Å². The Hall–Kier alpha value is -1.79. The SMILES string of the molecule is CC(C)(C)N1C=C(Cl)C(OCc2ccc(COCCF)cn2)=CN1. The zero-order valence-corrected chi connectivity index (χ0v) is 14.9. The number of halogens is 2. The van der Waals surface area contributed by atoms with Crippen LogP contribution < -0.4 is 5.43 Å². The Kier molecular flexibility index (Phi) is 6.45. The molecule has 0 amide bonds. The lowest BCUT2D eigenvalue weighted by molar-refractivity contribution is 0.106. The highest BCUT2D eigenvalue weighted by atomic mass is 35.5. The minimum absolute atomic E-state index is 0.0935. The average molecular weight is 356 g/mol. The molecule has 132 valence electrons. The van der Waals surface area contributed by atoms with Crippen LogP contribution in [-0.4, -0.2) is 28.8 Å². The van der Waals surface area contributed by atoms with Crippen molar-refractivity contribution in [2.45, 2.75) is 39.5 Å². The summed E-state index contributed by atoms with van der Waals surface area (Å²) in [4.78, 5) is 4.30. The maximum atomic E-state index is 12.0. The predicted octanol–water partition coefficient (Wildman–Crippen LogP) is 3.62. The first-order valence-corrected chi connectivity index (χ1v) is 8.11. The molecule has 0 atom stereocenters. The molecular weight excluding hydrogens is 333 g/mol. The van der Waals surface area contributed by atoms with Gasteiger partial charge in [0.15, 0.2) is 5.76 Å². The lowest BCUT2D eigenvalue weighted by Crippen LogP contribution is -2.46. The van der Waals surface area contributed by atoms with E-state index in [0.29, 0.717) is 24.0 Å². The van der Waals surface area contributed by atoms with Crippen molar-refractivity contribution in [3.05, 3.63) is 52.8 Å². The maximum Gasteiger partial charge on any atom is 0.157 e. The molecule has 1 aromatic heterocycles. The van der Waals surface area contributed by atoms with Crippen molar-refractivity contribution in [2.24, 2.45) is 0 Å². The number of rotatable bonds is 7. The van der Waals surface area contributed by atoms with E-state index in [-0.39, 0.29) is 12.1 Å². The summed E-state index contributed by atoms with van der Waals surface area (Å²) in [5, 5.41) is 2.44. The monoisotopic (exact) mass is 355 g/mol. The van der Waals surface area contributed by atoms with Gasteiger partial charge in [-0.05, 0) is 32.4 Å². The van der Waals surface area contributed by atoms with Crippen LogP contribution in [0.5, 0.6) is 0 Å². The van der Waals surface area contributed by atoms with Crippen LogP contribution in [0.2, 0.25) is 0 Å². The highest BCUT2D eigenvalue weighted by Gasteiger charge is 2.22. The molecule has 5 nitrogen and oxygen atoms in total. The Balaban J connectivity index is 1.85. The highest BCUT2D eigenvalue weighted by molar-refractivity contribution is 6.31. The molecule has 0 saturated carbocycles. The van der Waals surface area contributed by atoms with Gasteiger partial charge in [-0.25, -0.2) is 4.39 Å². The number of pyridine rings is 1. The largest absolute Gasteiger partial charge is 0.484 e. The topological polar surface area (TPSA) is 46.6 Å². The third-order valence-electron chi connectivity index (χ3n) is 3.29. The number of alkyl halides is 1. The van der Waals surface area contributed by atoms with Gasteiger partial charge < -0.3 is 14.9 Å². The molecule has 2 heterocycles. The van der Waals surface area contributed by atoms with Crippen molar-refractivity contribution in [3.63, 3.8) is 0 Å². The van der Waals surface area contributed by atoms with Crippen LogP contribution in [0.4, 0.5) is 4.39 Å². The van der Waals surface area contributed by atoms with Gasteiger partial charge in [0.1, 0.15) is 18.3 Å². The van der Waals surface area contributed by atoms with Gasteiger partial charge in [-0.3, -0.25) is 9.99 Å². The smallest absolute Gasteiger partial charge is 0.157 e. The Labute approximate surface area is 147 Å².